The number of unbranched alkanes of at least 4 members (excludes halogenated alkanes) is 6. The lowest BCUT2D eigenvalue weighted by Gasteiger charge is -2.14. The average Bonchev–Trinajstić information content (AvgIpc) is 2.50. The van der Waals surface area contributed by atoms with Crippen molar-refractivity contribution in [3.05, 3.63) is 23.8 Å². The maximum absolute atomic E-state index is 5.34. The molecule has 1 aromatic carbocycles. The first kappa shape index (κ1) is 18.8. The first-order valence-electron chi connectivity index (χ1n) is 8.37. The minimum atomic E-state index is 0.662. The fraction of sp³-hybridized carbons (Fsp3) is 0.611. The van der Waals surface area contributed by atoms with Gasteiger partial charge in [0, 0.05) is 6.54 Å². The summed E-state index contributed by atoms with van der Waals surface area (Å²) < 4.78 is 5.34. The van der Waals surface area contributed by atoms with E-state index in [0.29, 0.717) is 5.11 Å². The van der Waals surface area contributed by atoms with E-state index in [2.05, 4.69) is 24.5 Å². The van der Waals surface area contributed by atoms with Gasteiger partial charge in [-0.05, 0) is 43.3 Å². The van der Waals surface area contributed by atoms with Crippen molar-refractivity contribution in [3.8, 4) is 5.75 Å². The lowest BCUT2D eigenvalue weighted by molar-refractivity contribution is 0.417. The summed E-state index contributed by atoms with van der Waals surface area (Å²) in [5.74, 6) is 0.811. The van der Waals surface area contributed by atoms with Gasteiger partial charge in [-0.15, -0.1) is 0 Å². The smallest absolute Gasteiger partial charge is 0.170 e. The van der Waals surface area contributed by atoms with E-state index in [1.165, 1.54) is 50.5 Å². The zero-order valence-corrected chi connectivity index (χ0v) is 15.0. The standard InChI is InChI=1S/C18H30N2OS/c1-4-5-6-7-8-9-10-13-19-18(22)20-16-14-15(2)11-12-17(16)21-3/h11-12,14H,4-10,13H2,1-3H3,(H2,19,20,22). The molecule has 0 unspecified atom stereocenters. The summed E-state index contributed by atoms with van der Waals surface area (Å²) in [5, 5.41) is 7.15. The summed E-state index contributed by atoms with van der Waals surface area (Å²) in [6.45, 7) is 5.23. The number of hydrogen-bond acceptors (Lipinski definition) is 2. The quantitative estimate of drug-likeness (QED) is 0.467. The highest BCUT2D eigenvalue weighted by atomic mass is 32.1. The van der Waals surface area contributed by atoms with E-state index >= 15 is 0 Å². The predicted octanol–water partition coefficient (Wildman–Crippen LogP) is 5.04. The first-order chi connectivity index (χ1) is 10.7. The van der Waals surface area contributed by atoms with Crippen molar-refractivity contribution in [1.82, 2.24) is 5.32 Å². The SMILES string of the molecule is CCCCCCCCCNC(=S)Nc1cc(C)ccc1OC. The third-order valence-corrected chi connectivity index (χ3v) is 3.92. The summed E-state index contributed by atoms with van der Waals surface area (Å²) in [5.41, 5.74) is 2.10. The zero-order valence-electron chi connectivity index (χ0n) is 14.2. The Kier molecular flexibility index (Phi) is 9.64. The van der Waals surface area contributed by atoms with Gasteiger partial charge in [0.1, 0.15) is 5.75 Å². The monoisotopic (exact) mass is 322 g/mol. The van der Waals surface area contributed by atoms with Crippen LogP contribution in [0.25, 0.3) is 0 Å². The van der Waals surface area contributed by atoms with Gasteiger partial charge in [0.2, 0.25) is 0 Å². The number of benzene rings is 1. The average molecular weight is 323 g/mol. The summed E-state index contributed by atoms with van der Waals surface area (Å²) in [4.78, 5) is 0. The Morgan fingerprint density at radius 2 is 1.77 bits per heavy atom. The molecule has 124 valence electrons. The molecule has 0 aliphatic rings. The Hall–Kier alpha value is -1.29. The minimum absolute atomic E-state index is 0.662. The molecule has 0 heterocycles. The Morgan fingerprint density at radius 3 is 2.45 bits per heavy atom. The Labute approximate surface area is 140 Å². The van der Waals surface area contributed by atoms with Crippen LogP contribution in [0.5, 0.6) is 5.75 Å². The molecule has 1 aromatic rings. The molecule has 0 atom stereocenters. The molecule has 0 bridgehead atoms. The highest BCUT2D eigenvalue weighted by Crippen LogP contribution is 2.24. The second-order valence-corrected chi connectivity index (χ2v) is 6.11. The van der Waals surface area contributed by atoms with Crippen LogP contribution >= 0.6 is 12.2 Å². The third-order valence-electron chi connectivity index (χ3n) is 3.67. The molecule has 0 fully saturated rings. The van der Waals surface area contributed by atoms with Gasteiger partial charge >= 0.3 is 0 Å². The molecule has 2 N–H and O–H groups in total. The van der Waals surface area contributed by atoms with E-state index in [1.807, 2.05) is 18.2 Å². The molecule has 0 spiro atoms. The fourth-order valence-electron chi connectivity index (χ4n) is 2.37. The molecule has 1 rings (SSSR count). The van der Waals surface area contributed by atoms with E-state index in [4.69, 9.17) is 17.0 Å². The van der Waals surface area contributed by atoms with Gasteiger partial charge in [-0.3, -0.25) is 0 Å². The van der Waals surface area contributed by atoms with Crippen molar-refractivity contribution in [3.63, 3.8) is 0 Å². The Balaban J connectivity index is 2.20. The first-order valence-corrected chi connectivity index (χ1v) is 8.77. The fourth-order valence-corrected chi connectivity index (χ4v) is 2.58. The number of aryl methyl sites for hydroxylation is 1. The van der Waals surface area contributed by atoms with Crippen LogP contribution in [0.2, 0.25) is 0 Å². The molecule has 0 amide bonds. The van der Waals surface area contributed by atoms with Crippen molar-refractivity contribution in [2.24, 2.45) is 0 Å². The second-order valence-electron chi connectivity index (χ2n) is 5.71. The molecule has 22 heavy (non-hydrogen) atoms. The van der Waals surface area contributed by atoms with Crippen LogP contribution in [0.4, 0.5) is 5.69 Å². The molecular weight excluding hydrogens is 292 g/mol. The van der Waals surface area contributed by atoms with Crippen LogP contribution in [-0.4, -0.2) is 18.8 Å². The Bertz CT molecular complexity index is 449. The molecule has 0 aliphatic carbocycles. The van der Waals surface area contributed by atoms with Crippen LogP contribution in [-0.2, 0) is 0 Å². The van der Waals surface area contributed by atoms with E-state index in [1.54, 1.807) is 7.11 Å². The molecule has 0 aromatic heterocycles. The van der Waals surface area contributed by atoms with Crippen molar-refractivity contribution < 1.29 is 4.74 Å². The van der Waals surface area contributed by atoms with Crippen LogP contribution in [0.1, 0.15) is 57.4 Å². The van der Waals surface area contributed by atoms with Crippen LogP contribution in [0.15, 0.2) is 18.2 Å². The summed E-state index contributed by atoms with van der Waals surface area (Å²) in [7, 11) is 1.67. The van der Waals surface area contributed by atoms with Crippen molar-refractivity contribution in [1.29, 1.82) is 0 Å². The topological polar surface area (TPSA) is 33.3 Å². The lowest BCUT2D eigenvalue weighted by Crippen LogP contribution is -2.29. The lowest BCUT2D eigenvalue weighted by atomic mass is 10.1. The normalized spacial score (nSPS) is 10.3. The third kappa shape index (κ3) is 7.64. The Morgan fingerprint density at radius 1 is 1.09 bits per heavy atom. The number of methoxy groups -OCH3 is 1. The van der Waals surface area contributed by atoms with Crippen LogP contribution < -0.4 is 15.4 Å². The van der Waals surface area contributed by atoms with Gasteiger partial charge in [0.25, 0.3) is 0 Å². The zero-order chi connectivity index (χ0) is 16.2. The van der Waals surface area contributed by atoms with Gasteiger partial charge < -0.3 is 15.4 Å². The van der Waals surface area contributed by atoms with Crippen LogP contribution in [0.3, 0.4) is 0 Å². The van der Waals surface area contributed by atoms with E-state index in [9.17, 15) is 0 Å². The van der Waals surface area contributed by atoms with Gasteiger partial charge in [-0.25, -0.2) is 0 Å². The summed E-state index contributed by atoms with van der Waals surface area (Å²) in [6, 6.07) is 6.02. The number of anilines is 1. The number of nitrogens with one attached hydrogen (secondary N) is 2. The molecule has 3 nitrogen and oxygen atoms in total. The van der Waals surface area contributed by atoms with Gasteiger partial charge in [0.15, 0.2) is 5.11 Å². The largest absolute Gasteiger partial charge is 0.495 e. The van der Waals surface area contributed by atoms with E-state index in [0.717, 1.165) is 18.0 Å². The minimum Gasteiger partial charge on any atom is -0.495 e. The highest BCUT2D eigenvalue weighted by molar-refractivity contribution is 7.80. The van der Waals surface area contributed by atoms with Gasteiger partial charge in [-0.1, -0.05) is 51.5 Å². The van der Waals surface area contributed by atoms with E-state index in [-0.39, 0.29) is 0 Å². The maximum Gasteiger partial charge on any atom is 0.170 e. The number of thiocarbonyl (C=S) groups is 1. The van der Waals surface area contributed by atoms with Crippen LogP contribution in [0, 0.1) is 6.92 Å². The van der Waals surface area contributed by atoms with E-state index < -0.39 is 0 Å². The highest BCUT2D eigenvalue weighted by Gasteiger charge is 2.04. The number of rotatable bonds is 10. The second kappa shape index (κ2) is 11.3. The molecule has 4 heteroatoms. The van der Waals surface area contributed by atoms with Crippen molar-refractivity contribution in [2.45, 2.75) is 58.8 Å². The molecule has 0 saturated heterocycles. The summed E-state index contributed by atoms with van der Waals surface area (Å²) in [6.07, 6.45) is 9.17. The maximum atomic E-state index is 5.34. The molecule has 0 aliphatic heterocycles. The number of hydrogen-bond donors (Lipinski definition) is 2. The van der Waals surface area contributed by atoms with Gasteiger partial charge in [0.05, 0.1) is 12.8 Å². The van der Waals surface area contributed by atoms with Gasteiger partial charge in [-0.2, -0.15) is 0 Å². The molecular formula is C18H30N2OS. The van der Waals surface area contributed by atoms with Crippen molar-refractivity contribution in [2.75, 3.05) is 19.0 Å². The predicted molar refractivity (Wildman–Crippen MR) is 99.9 cm³/mol. The number of ether oxygens (including phenoxy) is 1. The molecule has 0 saturated carbocycles. The molecule has 0 radical (unpaired) electrons. The summed E-state index contributed by atoms with van der Waals surface area (Å²) >= 11 is 5.34. The van der Waals surface area contributed by atoms with Crippen molar-refractivity contribution >= 4 is 23.0 Å².